The standard InChI is InChI=1S/C11H15N3O3/c1-12-9(15)7-13(2)11(17)8-14-6-4-3-5-10(14)16/h3-6H,7-8H2,1-2H3,(H,12,15). The second kappa shape index (κ2) is 5.83. The summed E-state index contributed by atoms with van der Waals surface area (Å²) in [4.78, 5) is 35.4. The third kappa shape index (κ3) is 3.75. The van der Waals surface area contributed by atoms with E-state index in [1.807, 2.05) is 0 Å². The number of hydrogen-bond donors (Lipinski definition) is 1. The SMILES string of the molecule is CNC(=O)CN(C)C(=O)Cn1ccccc1=O. The van der Waals surface area contributed by atoms with Gasteiger partial charge in [-0.15, -0.1) is 0 Å². The lowest BCUT2D eigenvalue weighted by Gasteiger charge is -2.16. The Balaban J connectivity index is 2.64. The largest absolute Gasteiger partial charge is 0.358 e. The molecule has 1 rings (SSSR count). The molecule has 92 valence electrons. The molecule has 0 atom stereocenters. The van der Waals surface area contributed by atoms with E-state index in [0.29, 0.717) is 0 Å². The number of hydrogen-bond acceptors (Lipinski definition) is 3. The highest BCUT2D eigenvalue weighted by molar-refractivity contribution is 5.84. The lowest BCUT2D eigenvalue weighted by atomic mass is 10.4. The summed E-state index contributed by atoms with van der Waals surface area (Å²) in [6.45, 7) is -0.0793. The summed E-state index contributed by atoms with van der Waals surface area (Å²) in [5, 5.41) is 2.42. The predicted molar refractivity (Wildman–Crippen MR) is 62.4 cm³/mol. The van der Waals surface area contributed by atoms with E-state index in [1.165, 1.54) is 35.8 Å². The maximum Gasteiger partial charge on any atom is 0.250 e. The molecule has 6 nitrogen and oxygen atoms in total. The first-order valence-electron chi connectivity index (χ1n) is 5.14. The van der Waals surface area contributed by atoms with Crippen molar-refractivity contribution in [3.05, 3.63) is 34.7 Å². The zero-order valence-electron chi connectivity index (χ0n) is 9.84. The summed E-state index contributed by atoms with van der Waals surface area (Å²) in [5.74, 6) is -0.539. The molecule has 0 fully saturated rings. The second-order valence-corrected chi connectivity index (χ2v) is 3.59. The summed E-state index contributed by atoms with van der Waals surface area (Å²) < 4.78 is 1.29. The highest BCUT2D eigenvalue weighted by Crippen LogP contribution is 1.89. The van der Waals surface area contributed by atoms with Gasteiger partial charge in [0.25, 0.3) is 5.56 Å². The molecule has 0 aliphatic heterocycles. The molecule has 0 aliphatic carbocycles. The van der Waals surface area contributed by atoms with Crippen LogP contribution in [0.2, 0.25) is 0 Å². The Morgan fingerprint density at radius 2 is 2.12 bits per heavy atom. The monoisotopic (exact) mass is 237 g/mol. The molecule has 0 unspecified atom stereocenters. The summed E-state index contributed by atoms with van der Waals surface area (Å²) in [5.41, 5.74) is -0.241. The van der Waals surface area contributed by atoms with E-state index in [0.717, 1.165) is 0 Å². The first-order valence-corrected chi connectivity index (χ1v) is 5.14. The number of rotatable bonds is 4. The van der Waals surface area contributed by atoms with Crippen LogP contribution in [-0.4, -0.2) is 41.9 Å². The van der Waals surface area contributed by atoms with Crippen LogP contribution in [-0.2, 0) is 16.1 Å². The van der Waals surface area contributed by atoms with Gasteiger partial charge in [0, 0.05) is 26.4 Å². The number of amides is 2. The third-order valence-corrected chi connectivity index (χ3v) is 2.29. The average Bonchev–Trinajstić information content (AvgIpc) is 2.31. The average molecular weight is 237 g/mol. The van der Waals surface area contributed by atoms with Gasteiger partial charge in [0.2, 0.25) is 11.8 Å². The summed E-state index contributed by atoms with van der Waals surface area (Å²) in [6.07, 6.45) is 1.54. The molecule has 0 radical (unpaired) electrons. The van der Waals surface area contributed by atoms with Crippen LogP contribution in [0.4, 0.5) is 0 Å². The summed E-state index contributed by atoms with van der Waals surface area (Å²) in [7, 11) is 3.02. The van der Waals surface area contributed by atoms with Gasteiger partial charge in [-0.25, -0.2) is 0 Å². The van der Waals surface area contributed by atoms with Gasteiger partial charge in [0.15, 0.2) is 0 Å². The zero-order valence-corrected chi connectivity index (χ0v) is 9.84. The van der Waals surface area contributed by atoms with Crippen molar-refractivity contribution >= 4 is 11.8 Å². The smallest absolute Gasteiger partial charge is 0.250 e. The van der Waals surface area contributed by atoms with Crippen molar-refractivity contribution in [3.8, 4) is 0 Å². The molecule has 17 heavy (non-hydrogen) atoms. The first kappa shape index (κ1) is 13.0. The molecule has 1 aromatic heterocycles. The molecule has 0 spiro atoms. The number of nitrogens with zero attached hydrogens (tertiary/aromatic N) is 2. The molecule has 0 aromatic carbocycles. The lowest BCUT2D eigenvalue weighted by molar-refractivity contribution is -0.135. The third-order valence-electron chi connectivity index (χ3n) is 2.29. The van der Waals surface area contributed by atoms with Crippen LogP contribution in [0, 0.1) is 0 Å². The Bertz CT molecular complexity index is 467. The Hall–Kier alpha value is -2.11. The van der Waals surface area contributed by atoms with Gasteiger partial charge in [-0.3, -0.25) is 14.4 Å². The normalized spacial score (nSPS) is 9.76. The molecular weight excluding hydrogens is 222 g/mol. The topological polar surface area (TPSA) is 71.4 Å². The molecule has 0 aliphatic rings. The summed E-state index contributed by atoms with van der Waals surface area (Å²) in [6, 6.07) is 4.66. The number of carbonyl (C=O) groups excluding carboxylic acids is 2. The fourth-order valence-corrected chi connectivity index (χ4v) is 1.24. The van der Waals surface area contributed by atoms with Crippen LogP contribution < -0.4 is 10.9 Å². The van der Waals surface area contributed by atoms with Crippen molar-refractivity contribution in [2.75, 3.05) is 20.6 Å². The lowest BCUT2D eigenvalue weighted by Crippen LogP contribution is -2.39. The zero-order chi connectivity index (χ0) is 12.8. The molecule has 0 bridgehead atoms. The molecule has 0 saturated heterocycles. The maximum atomic E-state index is 11.7. The number of aromatic nitrogens is 1. The minimum atomic E-state index is -0.290. The fourth-order valence-electron chi connectivity index (χ4n) is 1.24. The number of carbonyl (C=O) groups is 2. The highest BCUT2D eigenvalue weighted by Gasteiger charge is 2.12. The fraction of sp³-hybridized carbons (Fsp3) is 0.364. The van der Waals surface area contributed by atoms with Gasteiger partial charge < -0.3 is 14.8 Å². The quantitative estimate of drug-likeness (QED) is 0.734. The van der Waals surface area contributed by atoms with E-state index in [2.05, 4.69) is 5.32 Å². The van der Waals surface area contributed by atoms with Crippen molar-refractivity contribution in [1.29, 1.82) is 0 Å². The van der Waals surface area contributed by atoms with Crippen molar-refractivity contribution < 1.29 is 9.59 Å². The molecule has 1 N–H and O–H groups in total. The van der Waals surface area contributed by atoms with Crippen molar-refractivity contribution in [2.45, 2.75) is 6.54 Å². The van der Waals surface area contributed by atoms with Crippen LogP contribution in [0.15, 0.2) is 29.2 Å². The number of pyridine rings is 1. The number of nitrogens with one attached hydrogen (secondary N) is 1. The molecule has 1 aromatic rings. The molecule has 0 saturated carbocycles. The minimum Gasteiger partial charge on any atom is -0.358 e. The maximum absolute atomic E-state index is 11.7. The van der Waals surface area contributed by atoms with Gasteiger partial charge in [0.1, 0.15) is 6.54 Å². The number of likely N-dealkylation sites (N-methyl/N-ethyl adjacent to an activating group) is 2. The van der Waals surface area contributed by atoms with E-state index < -0.39 is 0 Å². The molecule has 2 amide bonds. The van der Waals surface area contributed by atoms with Gasteiger partial charge in [-0.2, -0.15) is 0 Å². The Morgan fingerprint density at radius 1 is 1.41 bits per heavy atom. The van der Waals surface area contributed by atoms with Crippen LogP contribution in [0.3, 0.4) is 0 Å². The van der Waals surface area contributed by atoms with Gasteiger partial charge in [-0.1, -0.05) is 6.07 Å². The minimum absolute atomic E-state index is 0.0169. The molecule has 6 heteroatoms. The van der Waals surface area contributed by atoms with Crippen molar-refractivity contribution in [1.82, 2.24) is 14.8 Å². The van der Waals surface area contributed by atoms with Crippen LogP contribution >= 0.6 is 0 Å². The predicted octanol–water partition coefficient (Wildman–Crippen LogP) is -0.947. The molecule has 1 heterocycles. The van der Waals surface area contributed by atoms with Gasteiger partial charge in [0.05, 0.1) is 6.54 Å². The van der Waals surface area contributed by atoms with Crippen LogP contribution in [0.1, 0.15) is 0 Å². The van der Waals surface area contributed by atoms with Crippen molar-refractivity contribution in [3.63, 3.8) is 0 Å². The molecular formula is C11H15N3O3. The van der Waals surface area contributed by atoms with E-state index >= 15 is 0 Å². The van der Waals surface area contributed by atoms with Crippen LogP contribution in [0.5, 0.6) is 0 Å². The van der Waals surface area contributed by atoms with E-state index in [1.54, 1.807) is 12.1 Å². The highest BCUT2D eigenvalue weighted by atomic mass is 16.2. The summed E-state index contributed by atoms with van der Waals surface area (Å²) >= 11 is 0. The Kier molecular flexibility index (Phi) is 4.45. The van der Waals surface area contributed by atoms with E-state index in [4.69, 9.17) is 0 Å². The van der Waals surface area contributed by atoms with E-state index in [9.17, 15) is 14.4 Å². The van der Waals surface area contributed by atoms with Gasteiger partial charge in [-0.05, 0) is 6.07 Å². The second-order valence-electron chi connectivity index (χ2n) is 3.59. The van der Waals surface area contributed by atoms with Crippen LogP contribution in [0.25, 0.3) is 0 Å². The van der Waals surface area contributed by atoms with E-state index in [-0.39, 0.29) is 30.5 Å². The van der Waals surface area contributed by atoms with Crippen molar-refractivity contribution in [2.24, 2.45) is 0 Å². The Morgan fingerprint density at radius 3 is 2.71 bits per heavy atom. The first-order chi connectivity index (χ1) is 8.04. The Labute approximate surface area is 98.8 Å². The van der Waals surface area contributed by atoms with Gasteiger partial charge >= 0.3 is 0 Å².